The molecule has 22 heavy (non-hydrogen) atoms. The fraction of sp³-hybridized carbons (Fsp3) is 0.750. The number of piperidine rings is 1. The zero-order valence-corrected chi connectivity index (χ0v) is 15.0. The summed E-state index contributed by atoms with van der Waals surface area (Å²) >= 11 is 1.70. The molecule has 0 aromatic carbocycles. The van der Waals surface area contributed by atoms with Crippen LogP contribution >= 0.6 is 11.3 Å². The highest BCUT2D eigenvalue weighted by Crippen LogP contribution is 2.27. The first kappa shape index (κ1) is 17.2. The standard InChI is InChI=1S/C16H27N3O2S/c1-12(14-17-8-11-22-14)18(5)13-6-9-19(10-7-13)15(20)21-16(2,3)4/h8,11-13H,6-7,9-10H2,1-5H3/t12-/m1/s1. The summed E-state index contributed by atoms with van der Waals surface area (Å²) in [5, 5.41) is 3.17. The first-order valence-electron chi connectivity index (χ1n) is 7.87. The highest BCUT2D eigenvalue weighted by Gasteiger charge is 2.30. The van der Waals surface area contributed by atoms with Gasteiger partial charge in [0.05, 0.1) is 6.04 Å². The number of aromatic nitrogens is 1. The van der Waals surface area contributed by atoms with Gasteiger partial charge in [-0.3, -0.25) is 4.90 Å². The van der Waals surface area contributed by atoms with Crippen molar-refractivity contribution in [2.45, 2.75) is 58.2 Å². The molecular formula is C16H27N3O2S. The van der Waals surface area contributed by atoms with E-state index in [1.54, 1.807) is 11.3 Å². The molecule has 0 radical (unpaired) electrons. The second kappa shape index (κ2) is 6.96. The van der Waals surface area contributed by atoms with Crippen molar-refractivity contribution in [1.29, 1.82) is 0 Å². The van der Waals surface area contributed by atoms with Crippen LogP contribution < -0.4 is 0 Å². The summed E-state index contributed by atoms with van der Waals surface area (Å²) in [7, 11) is 2.15. The van der Waals surface area contributed by atoms with E-state index in [9.17, 15) is 4.79 Å². The number of amides is 1. The van der Waals surface area contributed by atoms with Gasteiger partial charge in [-0.25, -0.2) is 9.78 Å². The van der Waals surface area contributed by atoms with Crippen molar-refractivity contribution in [3.8, 4) is 0 Å². The van der Waals surface area contributed by atoms with Crippen LogP contribution in [-0.4, -0.2) is 52.7 Å². The molecule has 2 heterocycles. The maximum atomic E-state index is 12.1. The number of nitrogens with zero attached hydrogens (tertiary/aromatic N) is 3. The molecule has 0 bridgehead atoms. The average molecular weight is 325 g/mol. The normalized spacial score (nSPS) is 18.5. The highest BCUT2D eigenvalue weighted by atomic mass is 32.1. The molecule has 1 saturated heterocycles. The van der Waals surface area contributed by atoms with Crippen LogP contribution in [0.3, 0.4) is 0 Å². The fourth-order valence-electron chi connectivity index (χ4n) is 2.71. The van der Waals surface area contributed by atoms with Crippen molar-refractivity contribution < 1.29 is 9.53 Å². The summed E-state index contributed by atoms with van der Waals surface area (Å²) in [6.45, 7) is 9.42. The quantitative estimate of drug-likeness (QED) is 0.853. The Hall–Kier alpha value is -1.14. The maximum Gasteiger partial charge on any atom is 0.410 e. The van der Waals surface area contributed by atoms with Crippen LogP contribution in [0.2, 0.25) is 0 Å². The lowest BCUT2D eigenvalue weighted by Crippen LogP contribution is -2.47. The second-order valence-electron chi connectivity index (χ2n) is 6.91. The molecule has 1 aromatic rings. The molecule has 0 saturated carbocycles. The van der Waals surface area contributed by atoms with Crippen molar-refractivity contribution in [3.05, 3.63) is 16.6 Å². The molecule has 0 unspecified atom stereocenters. The summed E-state index contributed by atoms with van der Waals surface area (Å²) < 4.78 is 5.44. The predicted molar refractivity (Wildman–Crippen MR) is 89.1 cm³/mol. The summed E-state index contributed by atoms with van der Waals surface area (Å²) in [6, 6.07) is 0.802. The number of rotatable bonds is 3. The SMILES string of the molecule is C[C@H](c1nccs1)N(C)C1CCN(C(=O)OC(C)(C)C)CC1. The van der Waals surface area contributed by atoms with Crippen molar-refractivity contribution >= 4 is 17.4 Å². The van der Waals surface area contributed by atoms with E-state index in [0.717, 1.165) is 30.9 Å². The third kappa shape index (κ3) is 4.43. The van der Waals surface area contributed by atoms with Crippen molar-refractivity contribution in [3.63, 3.8) is 0 Å². The Bertz CT molecular complexity index is 476. The van der Waals surface area contributed by atoms with Gasteiger partial charge in [0.25, 0.3) is 0 Å². The van der Waals surface area contributed by atoms with Gasteiger partial charge in [0.2, 0.25) is 0 Å². The minimum absolute atomic E-state index is 0.193. The Morgan fingerprint density at radius 3 is 2.59 bits per heavy atom. The molecule has 1 aliphatic rings. The number of ether oxygens (including phenoxy) is 1. The molecular weight excluding hydrogens is 298 g/mol. The summed E-state index contributed by atoms with van der Waals surface area (Å²) in [6.07, 6.45) is 3.62. The third-order valence-electron chi connectivity index (χ3n) is 4.11. The molecule has 5 nitrogen and oxygen atoms in total. The van der Waals surface area contributed by atoms with Crippen LogP contribution in [-0.2, 0) is 4.74 Å². The molecule has 124 valence electrons. The first-order valence-corrected chi connectivity index (χ1v) is 8.75. The summed E-state index contributed by atoms with van der Waals surface area (Å²) in [5.74, 6) is 0. The van der Waals surface area contributed by atoms with E-state index in [1.807, 2.05) is 37.2 Å². The van der Waals surface area contributed by atoms with Crippen LogP contribution in [0, 0.1) is 0 Å². The van der Waals surface area contributed by atoms with E-state index in [-0.39, 0.29) is 6.09 Å². The van der Waals surface area contributed by atoms with Gasteiger partial charge in [0, 0.05) is 30.7 Å². The fourth-order valence-corrected chi connectivity index (χ4v) is 3.46. The summed E-state index contributed by atoms with van der Waals surface area (Å²) in [5.41, 5.74) is -0.427. The molecule has 1 amide bonds. The minimum atomic E-state index is -0.427. The van der Waals surface area contributed by atoms with Crippen LogP contribution in [0.1, 0.15) is 51.6 Å². The van der Waals surface area contributed by atoms with Crippen LogP contribution in [0.5, 0.6) is 0 Å². The molecule has 1 aromatic heterocycles. The minimum Gasteiger partial charge on any atom is -0.444 e. The number of hydrogen-bond acceptors (Lipinski definition) is 5. The lowest BCUT2D eigenvalue weighted by atomic mass is 10.0. The predicted octanol–water partition coefficient (Wildman–Crippen LogP) is 3.54. The topological polar surface area (TPSA) is 45.7 Å². The Morgan fingerprint density at radius 2 is 2.09 bits per heavy atom. The van der Waals surface area contributed by atoms with E-state index >= 15 is 0 Å². The van der Waals surface area contributed by atoms with E-state index in [2.05, 4.69) is 23.9 Å². The number of carbonyl (C=O) groups is 1. The second-order valence-corrected chi connectivity index (χ2v) is 7.84. The Balaban J connectivity index is 1.85. The molecule has 6 heteroatoms. The van der Waals surface area contributed by atoms with E-state index in [1.165, 1.54) is 0 Å². The monoisotopic (exact) mass is 325 g/mol. The van der Waals surface area contributed by atoms with Gasteiger partial charge in [0.15, 0.2) is 0 Å². The van der Waals surface area contributed by atoms with Crippen LogP contribution in [0.25, 0.3) is 0 Å². The lowest BCUT2D eigenvalue weighted by molar-refractivity contribution is 0.0137. The molecule has 0 N–H and O–H groups in total. The Morgan fingerprint density at radius 1 is 1.45 bits per heavy atom. The van der Waals surface area contributed by atoms with Crippen LogP contribution in [0.15, 0.2) is 11.6 Å². The number of carbonyl (C=O) groups excluding carboxylic acids is 1. The first-order chi connectivity index (χ1) is 10.3. The van der Waals surface area contributed by atoms with Gasteiger partial charge in [-0.15, -0.1) is 11.3 Å². The molecule has 1 fully saturated rings. The largest absolute Gasteiger partial charge is 0.444 e. The zero-order chi connectivity index (χ0) is 16.3. The average Bonchev–Trinajstić information content (AvgIpc) is 2.98. The molecule has 2 rings (SSSR count). The van der Waals surface area contributed by atoms with Gasteiger partial charge in [-0.2, -0.15) is 0 Å². The third-order valence-corrected chi connectivity index (χ3v) is 5.06. The van der Waals surface area contributed by atoms with Gasteiger partial charge in [-0.05, 0) is 47.6 Å². The van der Waals surface area contributed by atoms with Crippen molar-refractivity contribution in [2.75, 3.05) is 20.1 Å². The van der Waals surface area contributed by atoms with E-state index in [4.69, 9.17) is 4.74 Å². The zero-order valence-electron chi connectivity index (χ0n) is 14.2. The Kier molecular flexibility index (Phi) is 5.45. The molecule has 1 aliphatic heterocycles. The van der Waals surface area contributed by atoms with Gasteiger partial charge in [0.1, 0.15) is 10.6 Å². The summed E-state index contributed by atoms with van der Waals surface area (Å²) in [4.78, 5) is 20.7. The van der Waals surface area contributed by atoms with Gasteiger partial charge < -0.3 is 9.64 Å². The van der Waals surface area contributed by atoms with Gasteiger partial charge >= 0.3 is 6.09 Å². The Labute approximate surface area is 137 Å². The smallest absolute Gasteiger partial charge is 0.410 e. The number of hydrogen-bond donors (Lipinski definition) is 0. The van der Waals surface area contributed by atoms with Crippen molar-refractivity contribution in [1.82, 2.24) is 14.8 Å². The van der Waals surface area contributed by atoms with E-state index < -0.39 is 5.60 Å². The van der Waals surface area contributed by atoms with Crippen molar-refractivity contribution in [2.24, 2.45) is 0 Å². The highest BCUT2D eigenvalue weighted by molar-refractivity contribution is 7.09. The molecule has 0 spiro atoms. The van der Waals surface area contributed by atoms with Gasteiger partial charge in [-0.1, -0.05) is 0 Å². The lowest BCUT2D eigenvalue weighted by Gasteiger charge is -2.39. The molecule has 1 atom stereocenters. The molecule has 0 aliphatic carbocycles. The van der Waals surface area contributed by atoms with Crippen LogP contribution in [0.4, 0.5) is 4.79 Å². The number of likely N-dealkylation sites (tertiary alicyclic amines) is 1. The number of thiazole rings is 1. The maximum absolute atomic E-state index is 12.1. The van der Waals surface area contributed by atoms with E-state index in [0.29, 0.717) is 12.1 Å².